The van der Waals surface area contributed by atoms with Gasteiger partial charge in [-0.15, -0.1) is 0 Å². The van der Waals surface area contributed by atoms with E-state index in [1.807, 2.05) is 0 Å². The fourth-order valence-electron chi connectivity index (χ4n) is 1.91. The maximum Gasteiger partial charge on any atom is 0.262 e. The molecule has 1 aromatic heterocycles. The lowest BCUT2D eigenvalue weighted by atomic mass is 10.4. The zero-order chi connectivity index (χ0) is 14.9. The van der Waals surface area contributed by atoms with Gasteiger partial charge in [-0.05, 0) is 19.8 Å². The Morgan fingerprint density at radius 3 is 2.75 bits per heavy atom. The van der Waals surface area contributed by atoms with Crippen LogP contribution in [0.2, 0.25) is 0 Å². The molecule has 0 aliphatic heterocycles. The molecule has 3 N–H and O–H groups in total. The molecule has 1 aliphatic carbocycles. The third-order valence-corrected chi connectivity index (χ3v) is 5.15. The molecule has 0 unspecified atom stereocenters. The molecular weight excluding hydrogens is 282 g/mol. The molecule has 0 spiro atoms. The summed E-state index contributed by atoms with van der Waals surface area (Å²) < 4.78 is 28.2. The van der Waals surface area contributed by atoms with E-state index in [0.717, 1.165) is 12.8 Å². The molecular formula is C11H19N5O3S. The first-order valence-electron chi connectivity index (χ1n) is 6.34. The molecule has 1 aromatic rings. The topological polar surface area (TPSA) is 114 Å². The molecule has 8 nitrogen and oxygen atoms in total. The molecule has 0 radical (unpaired) electrons. The van der Waals surface area contributed by atoms with E-state index in [4.69, 9.17) is 10.9 Å². The van der Waals surface area contributed by atoms with Crippen molar-refractivity contribution in [1.29, 1.82) is 0 Å². The van der Waals surface area contributed by atoms with Crippen molar-refractivity contribution in [3.63, 3.8) is 0 Å². The van der Waals surface area contributed by atoms with Gasteiger partial charge in [-0.2, -0.15) is 4.31 Å². The molecule has 1 fully saturated rings. The average Bonchev–Trinajstić information content (AvgIpc) is 3.16. The van der Waals surface area contributed by atoms with Crippen molar-refractivity contribution >= 4 is 15.9 Å². The second-order valence-corrected chi connectivity index (χ2v) is 6.76. The van der Waals surface area contributed by atoms with Crippen LogP contribution < -0.4 is 5.73 Å². The van der Waals surface area contributed by atoms with Gasteiger partial charge in [0.1, 0.15) is 11.7 Å². The van der Waals surface area contributed by atoms with Crippen LogP contribution in [-0.2, 0) is 17.1 Å². The second-order valence-electron chi connectivity index (χ2n) is 4.93. The fraction of sp³-hybridized carbons (Fsp3) is 0.636. The molecule has 9 heteroatoms. The van der Waals surface area contributed by atoms with Crippen LogP contribution in [0.15, 0.2) is 16.4 Å². The molecule has 0 atom stereocenters. The summed E-state index contributed by atoms with van der Waals surface area (Å²) in [5, 5.41) is 11.5. The van der Waals surface area contributed by atoms with Crippen LogP contribution in [-0.4, -0.2) is 45.9 Å². The summed E-state index contributed by atoms with van der Waals surface area (Å²) in [5.74, 6) is 0.652. The van der Waals surface area contributed by atoms with Gasteiger partial charge in [-0.1, -0.05) is 5.16 Å². The maximum absolute atomic E-state index is 12.6. The predicted molar refractivity (Wildman–Crippen MR) is 72.9 cm³/mol. The Labute approximate surface area is 117 Å². The first-order chi connectivity index (χ1) is 9.36. The number of aryl methyl sites for hydroxylation is 2. The van der Waals surface area contributed by atoms with E-state index in [9.17, 15) is 8.42 Å². The Morgan fingerprint density at radius 1 is 1.65 bits per heavy atom. The van der Waals surface area contributed by atoms with E-state index in [0.29, 0.717) is 5.82 Å². The highest BCUT2D eigenvalue weighted by molar-refractivity contribution is 7.89. The Morgan fingerprint density at radius 2 is 2.30 bits per heavy atom. The molecule has 1 aliphatic rings. The summed E-state index contributed by atoms with van der Waals surface area (Å²) in [4.78, 5) is 4.08. The van der Waals surface area contributed by atoms with E-state index < -0.39 is 10.0 Å². The molecule has 1 saturated carbocycles. The summed E-state index contributed by atoms with van der Waals surface area (Å²) >= 11 is 0. The van der Waals surface area contributed by atoms with Gasteiger partial charge in [0.2, 0.25) is 0 Å². The van der Waals surface area contributed by atoms with Crippen LogP contribution >= 0.6 is 0 Å². The van der Waals surface area contributed by atoms with E-state index in [2.05, 4.69) is 10.1 Å². The van der Waals surface area contributed by atoms with E-state index in [1.165, 1.54) is 10.5 Å². The second kappa shape index (κ2) is 5.41. The highest BCUT2D eigenvalue weighted by Crippen LogP contribution is 2.31. The van der Waals surface area contributed by atoms with Crippen LogP contribution in [0.25, 0.3) is 0 Å². The summed E-state index contributed by atoms with van der Waals surface area (Å²) in [6.45, 7) is 1.94. The van der Waals surface area contributed by atoms with Crippen LogP contribution in [0.1, 0.15) is 25.1 Å². The Balaban J connectivity index is 2.23. The minimum Gasteiger partial charge on any atom is -0.409 e. The highest BCUT2D eigenvalue weighted by atomic mass is 32.2. The van der Waals surface area contributed by atoms with Gasteiger partial charge < -0.3 is 15.5 Å². The number of aromatic nitrogens is 2. The standard InChI is InChI=1S/C11H19N5O3S/c1-8-13-11(7-15(8)2)20(18,19)16(9-3-4-9)6-5-10(12)14-17/h7,9,17H,3-6H2,1-2H3,(H2,12,14). The smallest absolute Gasteiger partial charge is 0.262 e. The molecule has 112 valence electrons. The highest BCUT2D eigenvalue weighted by Gasteiger charge is 2.39. The van der Waals surface area contributed by atoms with Gasteiger partial charge in [0.15, 0.2) is 5.03 Å². The van der Waals surface area contributed by atoms with Crippen LogP contribution in [0.5, 0.6) is 0 Å². The van der Waals surface area contributed by atoms with Crippen LogP contribution in [0.3, 0.4) is 0 Å². The quantitative estimate of drug-likeness (QED) is 0.333. The average molecular weight is 301 g/mol. The first-order valence-corrected chi connectivity index (χ1v) is 7.78. The van der Waals surface area contributed by atoms with Crippen LogP contribution in [0, 0.1) is 6.92 Å². The lowest BCUT2D eigenvalue weighted by molar-refractivity contribution is 0.315. The number of rotatable bonds is 6. The number of hydrogen-bond acceptors (Lipinski definition) is 5. The number of amidine groups is 1. The number of imidazole rings is 1. The minimum absolute atomic E-state index is 0.00574. The van der Waals surface area contributed by atoms with Crippen molar-refractivity contribution in [2.45, 2.75) is 37.3 Å². The lowest BCUT2D eigenvalue weighted by Gasteiger charge is -2.20. The zero-order valence-corrected chi connectivity index (χ0v) is 12.3. The third kappa shape index (κ3) is 2.93. The Kier molecular flexibility index (Phi) is 4.00. The normalized spacial score (nSPS) is 16.9. The van der Waals surface area contributed by atoms with Crippen molar-refractivity contribution in [2.75, 3.05) is 6.54 Å². The molecule has 20 heavy (non-hydrogen) atoms. The Hall–Kier alpha value is -1.61. The maximum atomic E-state index is 12.6. The number of nitrogens with two attached hydrogens (primary N) is 1. The molecule has 0 aromatic carbocycles. The number of hydrogen-bond donors (Lipinski definition) is 2. The summed E-state index contributed by atoms with van der Waals surface area (Å²) in [7, 11) is -1.88. The molecule has 1 heterocycles. The fourth-order valence-corrected chi connectivity index (χ4v) is 3.62. The van der Waals surface area contributed by atoms with E-state index in [1.54, 1.807) is 18.5 Å². The van der Waals surface area contributed by atoms with E-state index in [-0.39, 0.29) is 29.9 Å². The van der Waals surface area contributed by atoms with Gasteiger partial charge >= 0.3 is 0 Å². The van der Waals surface area contributed by atoms with Gasteiger partial charge in [0, 0.05) is 32.3 Å². The van der Waals surface area contributed by atoms with Gasteiger partial charge in [-0.3, -0.25) is 0 Å². The van der Waals surface area contributed by atoms with Crippen molar-refractivity contribution in [1.82, 2.24) is 13.9 Å². The molecule has 0 bridgehead atoms. The van der Waals surface area contributed by atoms with Crippen molar-refractivity contribution in [3.8, 4) is 0 Å². The SMILES string of the molecule is Cc1nc(S(=O)(=O)N(CCC(N)=NO)C2CC2)cn1C. The summed E-state index contributed by atoms with van der Waals surface area (Å²) in [6, 6.07) is -0.00574. The summed E-state index contributed by atoms with van der Waals surface area (Å²) in [6.07, 6.45) is 3.37. The first kappa shape index (κ1) is 14.8. The number of nitrogens with zero attached hydrogens (tertiary/aromatic N) is 4. The van der Waals surface area contributed by atoms with Crippen LogP contribution in [0.4, 0.5) is 0 Å². The third-order valence-electron chi connectivity index (χ3n) is 3.33. The molecule has 0 amide bonds. The van der Waals surface area contributed by atoms with Crippen molar-refractivity contribution in [3.05, 3.63) is 12.0 Å². The number of oxime groups is 1. The minimum atomic E-state index is -3.63. The van der Waals surface area contributed by atoms with Gasteiger partial charge in [-0.25, -0.2) is 13.4 Å². The van der Waals surface area contributed by atoms with E-state index >= 15 is 0 Å². The zero-order valence-electron chi connectivity index (χ0n) is 11.5. The summed E-state index contributed by atoms with van der Waals surface area (Å²) in [5.41, 5.74) is 5.41. The predicted octanol–water partition coefficient (Wildman–Crippen LogP) is 0.0181. The van der Waals surface area contributed by atoms with Crippen molar-refractivity contribution in [2.24, 2.45) is 17.9 Å². The Bertz CT molecular complexity index is 599. The van der Waals surface area contributed by atoms with Gasteiger partial charge in [0.25, 0.3) is 10.0 Å². The monoisotopic (exact) mass is 301 g/mol. The van der Waals surface area contributed by atoms with Crippen molar-refractivity contribution < 1.29 is 13.6 Å². The largest absolute Gasteiger partial charge is 0.409 e. The lowest BCUT2D eigenvalue weighted by Crippen LogP contribution is -2.36. The molecule has 0 saturated heterocycles. The number of sulfonamides is 1. The molecule has 2 rings (SSSR count). The van der Waals surface area contributed by atoms with Gasteiger partial charge in [0.05, 0.1) is 0 Å².